The van der Waals surface area contributed by atoms with Crippen LogP contribution in [0.4, 0.5) is 0 Å². The van der Waals surface area contributed by atoms with Crippen molar-refractivity contribution in [2.45, 2.75) is 368 Å². The van der Waals surface area contributed by atoms with Gasteiger partial charge in [0.2, 0.25) is 0 Å². The first-order valence-electron chi connectivity index (χ1n) is 36.0. The highest BCUT2D eigenvalue weighted by Gasteiger charge is 2.30. The summed E-state index contributed by atoms with van der Waals surface area (Å²) >= 11 is 0. The van der Waals surface area contributed by atoms with E-state index < -0.39 is 97.5 Å². The van der Waals surface area contributed by atoms with Crippen molar-refractivity contribution < 1.29 is 80.2 Å². The summed E-state index contributed by atoms with van der Waals surface area (Å²) in [6.07, 6.45) is 45.8. The van der Waals surface area contributed by atoms with Gasteiger partial charge in [-0.15, -0.1) is 0 Å². The zero-order valence-electron chi connectivity index (χ0n) is 57.0. The molecule has 19 heteroatoms. The fourth-order valence-electron chi connectivity index (χ4n) is 10.4. The molecular formula is C69H134O17P2. The zero-order valence-corrected chi connectivity index (χ0v) is 58.8. The molecule has 5 atom stereocenters. The third-order valence-electron chi connectivity index (χ3n) is 16.0. The number of hydrogen-bond acceptors (Lipinski definition) is 15. The van der Waals surface area contributed by atoms with Crippen LogP contribution in [-0.2, 0) is 65.4 Å². The second-order valence-electron chi connectivity index (χ2n) is 25.9. The smallest absolute Gasteiger partial charge is 0.462 e. The quantitative estimate of drug-likeness (QED) is 0.0222. The van der Waals surface area contributed by atoms with Gasteiger partial charge in [-0.1, -0.05) is 298 Å². The van der Waals surface area contributed by atoms with E-state index in [1.54, 1.807) is 0 Å². The number of hydrogen-bond donors (Lipinski definition) is 3. The van der Waals surface area contributed by atoms with Gasteiger partial charge in [0, 0.05) is 25.7 Å². The molecule has 0 amide bonds. The van der Waals surface area contributed by atoms with Crippen molar-refractivity contribution in [2.24, 2.45) is 11.8 Å². The maximum absolute atomic E-state index is 13.0. The number of phosphoric ester groups is 2. The predicted molar refractivity (Wildman–Crippen MR) is 354 cm³/mol. The van der Waals surface area contributed by atoms with Gasteiger partial charge in [0.05, 0.1) is 26.4 Å². The Kier molecular flexibility index (Phi) is 59.9. The van der Waals surface area contributed by atoms with Crippen molar-refractivity contribution in [3.8, 4) is 0 Å². The first-order valence-corrected chi connectivity index (χ1v) is 39.0. The SMILES string of the molecule is CCCCCCCCCCCCCCCCC(=O)OC[C@H](COP(=O)(O)OC[C@@H](O)COP(=O)(O)OC[C@@H](COC(=O)CCCCCCCCCC)OC(=O)CCCCCCCCCCC(C)C)OC(=O)CCCCCCCCCCCCCCC(C)C. The highest BCUT2D eigenvalue weighted by Crippen LogP contribution is 2.45. The van der Waals surface area contributed by atoms with Gasteiger partial charge in [-0.3, -0.25) is 37.3 Å². The predicted octanol–water partition coefficient (Wildman–Crippen LogP) is 19.6. The van der Waals surface area contributed by atoms with Gasteiger partial charge in [-0.25, -0.2) is 9.13 Å². The van der Waals surface area contributed by atoms with Crippen LogP contribution in [0.25, 0.3) is 0 Å². The molecule has 88 heavy (non-hydrogen) atoms. The first-order chi connectivity index (χ1) is 42.4. The lowest BCUT2D eigenvalue weighted by Gasteiger charge is -2.21. The van der Waals surface area contributed by atoms with Crippen LogP contribution in [-0.4, -0.2) is 96.7 Å². The second kappa shape index (κ2) is 61.3. The normalized spacial score (nSPS) is 14.2. The van der Waals surface area contributed by atoms with Gasteiger partial charge in [-0.05, 0) is 37.5 Å². The molecule has 0 aliphatic rings. The molecule has 2 unspecified atom stereocenters. The standard InChI is InChI=1S/C69H134O17P2/c1-7-9-11-13-15-17-18-19-20-24-27-34-40-46-52-67(72)80-58-65(85-68(73)53-47-41-35-28-25-22-21-23-26-31-37-43-49-61(3)4)60-84-88(77,78)82-56-63(70)55-81-87(75,76)83-59-64(57-79-66(71)51-45-39-33-16-14-12-10-8-2)86-69(74)54-48-42-36-30-29-32-38-44-50-62(5)6/h61-65,70H,7-60H2,1-6H3,(H,75,76)(H,77,78)/t63-,64+,65+/m0/s1. The molecular weight excluding hydrogens is 1160 g/mol. The Morgan fingerprint density at radius 1 is 0.307 bits per heavy atom. The molecule has 522 valence electrons. The van der Waals surface area contributed by atoms with Gasteiger partial charge < -0.3 is 33.8 Å². The number of esters is 4. The van der Waals surface area contributed by atoms with Crippen molar-refractivity contribution in [3.63, 3.8) is 0 Å². The molecule has 3 N–H and O–H groups in total. The second-order valence-corrected chi connectivity index (χ2v) is 28.8. The van der Waals surface area contributed by atoms with Gasteiger partial charge in [-0.2, -0.15) is 0 Å². The fraction of sp³-hybridized carbons (Fsp3) is 0.942. The lowest BCUT2D eigenvalue weighted by atomic mass is 10.0. The number of rotatable bonds is 68. The first kappa shape index (κ1) is 86.1. The van der Waals surface area contributed by atoms with E-state index in [1.165, 1.54) is 161 Å². The monoisotopic (exact) mass is 1300 g/mol. The number of aliphatic hydroxyl groups excluding tert-OH is 1. The number of aliphatic hydroxyl groups is 1. The molecule has 0 spiro atoms. The van der Waals surface area contributed by atoms with E-state index in [9.17, 15) is 43.2 Å². The van der Waals surface area contributed by atoms with E-state index in [1.807, 2.05) is 0 Å². The maximum atomic E-state index is 13.0. The van der Waals surface area contributed by atoms with Crippen LogP contribution in [0.5, 0.6) is 0 Å². The molecule has 0 saturated carbocycles. The van der Waals surface area contributed by atoms with E-state index in [2.05, 4.69) is 41.5 Å². The maximum Gasteiger partial charge on any atom is 0.472 e. The highest BCUT2D eigenvalue weighted by molar-refractivity contribution is 7.47. The van der Waals surface area contributed by atoms with Crippen LogP contribution in [0.3, 0.4) is 0 Å². The molecule has 0 aliphatic heterocycles. The molecule has 0 aromatic rings. The Bertz CT molecular complexity index is 1720. The topological polar surface area (TPSA) is 237 Å². The van der Waals surface area contributed by atoms with Crippen LogP contribution < -0.4 is 0 Å². The van der Waals surface area contributed by atoms with Crippen LogP contribution >= 0.6 is 15.6 Å². The molecule has 17 nitrogen and oxygen atoms in total. The third kappa shape index (κ3) is 62.8. The summed E-state index contributed by atoms with van der Waals surface area (Å²) in [6.45, 7) is 9.49. The molecule has 0 aromatic heterocycles. The summed E-state index contributed by atoms with van der Waals surface area (Å²) in [5.41, 5.74) is 0. The summed E-state index contributed by atoms with van der Waals surface area (Å²) in [6, 6.07) is 0. The number of unbranched alkanes of at least 4 members (excludes halogenated alkanes) is 38. The zero-order chi connectivity index (χ0) is 65.0. The van der Waals surface area contributed by atoms with Gasteiger partial charge in [0.25, 0.3) is 0 Å². The number of carbonyl (C=O) groups is 4. The Balaban J connectivity index is 5.23. The number of phosphoric acid groups is 2. The Morgan fingerprint density at radius 2 is 0.523 bits per heavy atom. The van der Waals surface area contributed by atoms with Crippen LogP contribution in [0.2, 0.25) is 0 Å². The van der Waals surface area contributed by atoms with Crippen molar-refractivity contribution in [1.29, 1.82) is 0 Å². The van der Waals surface area contributed by atoms with Crippen molar-refractivity contribution in [2.75, 3.05) is 39.6 Å². The summed E-state index contributed by atoms with van der Waals surface area (Å²) in [5, 5.41) is 10.6. The average molecular weight is 1300 g/mol. The number of ether oxygens (including phenoxy) is 4. The van der Waals surface area contributed by atoms with Gasteiger partial charge in [0.1, 0.15) is 19.3 Å². The molecule has 0 fully saturated rings. The molecule has 0 radical (unpaired) electrons. The van der Waals surface area contributed by atoms with E-state index in [4.69, 9.17) is 37.0 Å². The van der Waals surface area contributed by atoms with Crippen LogP contribution in [0.1, 0.15) is 350 Å². The fourth-order valence-corrected chi connectivity index (χ4v) is 12.0. The molecule has 0 saturated heterocycles. The molecule has 0 aliphatic carbocycles. The molecule has 0 aromatic carbocycles. The molecule has 0 bridgehead atoms. The van der Waals surface area contributed by atoms with E-state index in [0.29, 0.717) is 25.7 Å². The minimum atomic E-state index is -4.95. The minimum Gasteiger partial charge on any atom is -0.462 e. The van der Waals surface area contributed by atoms with Crippen LogP contribution in [0.15, 0.2) is 0 Å². The lowest BCUT2D eigenvalue weighted by molar-refractivity contribution is -0.161. The Labute approximate surface area is 537 Å². The lowest BCUT2D eigenvalue weighted by Crippen LogP contribution is -2.30. The minimum absolute atomic E-state index is 0.104. The summed E-state index contributed by atoms with van der Waals surface area (Å²) in [7, 11) is -9.89. The van der Waals surface area contributed by atoms with E-state index in [-0.39, 0.29) is 25.7 Å². The highest BCUT2D eigenvalue weighted by atomic mass is 31.2. The Hall–Kier alpha value is -1.94. The van der Waals surface area contributed by atoms with Crippen molar-refractivity contribution >= 4 is 39.5 Å². The van der Waals surface area contributed by atoms with Crippen molar-refractivity contribution in [1.82, 2.24) is 0 Å². The van der Waals surface area contributed by atoms with Gasteiger partial charge >= 0.3 is 39.5 Å². The number of carbonyl (C=O) groups excluding carboxylic acids is 4. The molecule has 0 rings (SSSR count). The summed E-state index contributed by atoms with van der Waals surface area (Å²) < 4.78 is 68.2. The summed E-state index contributed by atoms with van der Waals surface area (Å²) in [5.74, 6) is -0.633. The van der Waals surface area contributed by atoms with E-state index in [0.717, 1.165) is 108 Å². The van der Waals surface area contributed by atoms with Crippen LogP contribution in [0, 0.1) is 11.8 Å². The van der Waals surface area contributed by atoms with Gasteiger partial charge in [0.15, 0.2) is 12.2 Å². The van der Waals surface area contributed by atoms with Crippen molar-refractivity contribution in [3.05, 3.63) is 0 Å². The average Bonchev–Trinajstić information content (AvgIpc) is 3.62. The van der Waals surface area contributed by atoms with E-state index >= 15 is 0 Å². The summed E-state index contributed by atoms with van der Waals surface area (Å²) in [4.78, 5) is 72.4. The Morgan fingerprint density at radius 3 is 0.773 bits per heavy atom. The largest absolute Gasteiger partial charge is 0.472 e. The molecule has 0 heterocycles. The third-order valence-corrected chi connectivity index (χ3v) is 17.9.